The predicted octanol–water partition coefficient (Wildman–Crippen LogP) is 3.09. The summed E-state index contributed by atoms with van der Waals surface area (Å²) in [4.78, 5) is 25.4. The van der Waals surface area contributed by atoms with Crippen molar-refractivity contribution in [1.82, 2.24) is 4.90 Å². The Hall–Kier alpha value is -1.59. The number of amides is 2. The Labute approximate surface area is 112 Å². The Bertz CT molecular complexity index is 572. The lowest BCUT2D eigenvalue weighted by Gasteiger charge is -2.11. The number of hydrogen-bond donors (Lipinski definition) is 0. The molecule has 0 saturated carbocycles. The Balaban J connectivity index is 1.80. The monoisotopic (exact) mass is 275 g/mol. The molecule has 1 aliphatic heterocycles. The standard InChI is InChI=1S/C13H9NO2S2/c15-12-9-4-1-2-5-10(9)13(16)14(12)8-18-11-6-3-7-17-11/h1-7H,8H2. The number of thiophene rings is 1. The number of carbonyl (C=O) groups is 2. The van der Waals surface area contributed by atoms with E-state index in [1.165, 1.54) is 16.7 Å². The van der Waals surface area contributed by atoms with Gasteiger partial charge in [0.05, 0.1) is 21.2 Å². The van der Waals surface area contributed by atoms with Crippen LogP contribution in [0.2, 0.25) is 0 Å². The van der Waals surface area contributed by atoms with Gasteiger partial charge in [-0.15, -0.1) is 11.3 Å². The van der Waals surface area contributed by atoms with E-state index >= 15 is 0 Å². The Morgan fingerprint density at radius 1 is 1.00 bits per heavy atom. The third-order valence-corrected chi connectivity index (χ3v) is 4.82. The van der Waals surface area contributed by atoms with E-state index in [9.17, 15) is 9.59 Å². The van der Waals surface area contributed by atoms with E-state index in [1.54, 1.807) is 35.6 Å². The summed E-state index contributed by atoms with van der Waals surface area (Å²) in [6.45, 7) is 0. The van der Waals surface area contributed by atoms with Crippen LogP contribution in [-0.2, 0) is 0 Å². The average Bonchev–Trinajstić information content (AvgIpc) is 2.98. The topological polar surface area (TPSA) is 37.4 Å². The molecule has 90 valence electrons. The molecule has 0 N–H and O–H groups in total. The summed E-state index contributed by atoms with van der Waals surface area (Å²) in [5, 5.41) is 1.98. The molecule has 3 nitrogen and oxygen atoms in total. The quantitative estimate of drug-likeness (QED) is 0.638. The van der Waals surface area contributed by atoms with Gasteiger partial charge in [-0.2, -0.15) is 0 Å². The third kappa shape index (κ3) is 1.85. The van der Waals surface area contributed by atoms with Crippen LogP contribution < -0.4 is 0 Å². The summed E-state index contributed by atoms with van der Waals surface area (Å²) >= 11 is 3.11. The van der Waals surface area contributed by atoms with E-state index in [4.69, 9.17) is 0 Å². The second kappa shape index (κ2) is 4.59. The van der Waals surface area contributed by atoms with Gasteiger partial charge in [0, 0.05) is 0 Å². The zero-order valence-corrected chi connectivity index (χ0v) is 11.0. The number of imide groups is 1. The first-order valence-corrected chi connectivity index (χ1v) is 7.25. The lowest BCUT2D eigenvalue weighted by Crippen LogP contribution is -2.29. The minimum atomic E-state index is -0.195. The molecule has 1 aromatic heterocycles. The van der Waals surface area contributed by atoms with Gasteiger partial charge < -0.3 is 0 Å². The number of fused-ring (bicyclic) bond motifs is 1. The van der Waals surface area contributed by atoms with E-state index in [2.05, 4.69) is 0 Å². The van der Waals surface area contributed by atoms with Crippen LogP contribution in [-0.4, -0.2) is 22.6 Å². The summed E-state index contributed by atoms with van der Waals surface area (Å²) in [5.41, 5.74) is 1.02. The van der Waals surface area contributed by atoms with Crippen molar-refractivity contribution in [2.24, 2.45) is 0 Å². The molecule has 0 unspecified atom stereocenters. The van der Waals surface area contributed by atoms with Gasteiger partial charge in [0.1, 0.15) is 0 Å². The van der Waals surface area contributed by atoms with Gasteiger partial charge in [0.15, 0.2) is 0 Å². The molecule has 2 amide bonds. The maximum absolute atomic E-state index is 12.1. The number of rotatable bonds is 3. The summed E-state index contributed by atoms with van der Waals surface area (Å²) in [6, 6.07) is 10.9. The van der Waals surface area contributed by atoms with Crippen molar-refractivity contribution in [3.05, 3.63) is 52.9 Å². The highest BCUT2D eigenvalue weighted by atomic mass is 32.2. The van der Waals surface area contributed by atoms with Crippen LogP contribution in [0.15, 0.2) is 46.0 Å². The number of nitrogens with zero attached hydrogens (tertiary/aromatic N) is 1. The van der Waals surface area contributed by atoms with Crippen molar-refractivity contribution in [3.8, 4) is 0 Å². The highest BCUT2D eigenvalue weighted by molar-refractivity contribution is 8.01. The summed E-state index contributed by atoms with van der Waals surface area (Å²) in [6.07, 6.45) is 0. The maximum atomic E-state index is 12.1. The van der Waals surface area contributed by atoms with Crippen LogP contribution in [0.25, 0.3) is 0 Å². The number of hydrogen-bond acceptors (Lipinski definition) is 4. The zero-order chi connectivity index (χ0) is 12.5. The third-order valence-electron chi connectivity index (χ3n) is 2.71. The van der Waals surface area contributed by atoms with Gasteiger partial charge >= 0.3 is 0 Å². The molecule has 0 spiro atoms. The SMILES string of the molecule is O=C1c2ccccc2C(=O)N1CSc1cccs1. The molecule has 0 aliphatic carbocycles. The van der Waals surface area contributed by atoms with Crippen molar-refractivity contribution in [3.63, 3.8) is 0 Å². The molecule has 1 aliphatic rings. The smallest absolute Gasteiger partial charge is 0.262 e. The Morgan fingerprint density at radius 3 is 2.22 bits per heavy atom. The van der Waals surface area contributed by atoms with Crippen LogP contribution in [0.5, 0.6) is 0 Å². The molecule has 0 radical (unpaired) electrons. The fourth-order valence-corrected chi connectivity index (χ4v) is 3.54. The lowest BCUT2D eigenvalue weighted by atomic mass is 10.1. The molecule has 0 atom stereocenters. The van der Waals surface area contributed by atoms with E-state index in [0.717, 1.165) is 4.21 Å². The van der Waals surface area contributed by atoms with Crippen LogP contribution in [0, 0.1) is 0 Å². The molecule has 18 heavy (non-hydrogen) atoms. The van der Waals surface area contributed by atoms with Gasteiger partial charge in [-0.05, 0) is 23.6 Å². The molecule has 0 saturated heterocycles. The summed E-state index contributed by atoms with van der Waals surface area (Å²) in [7, 11) is 0. The lowest BCUT2D eigenvalue weighted by molar-refractivity contribution is 0.0684. The Morgan fingerprint density at radius 2 is 1.67 bits per heavy atom. The largest absolute Gasteiger partial charge is 0.269 e. The van der Waals surface area contributed by atoms with E-state index in [-0.39, 0.29) is 11.8 Å². The van der Waals surface area contributed by atoms with Crippen LogP contribution in [0.4, 0.5) is 0 Å². The molecule has 3 rings (SSSR count). The number of thioether (sulfide) groups is 1. The number of benzene rings is 1. The van der Waals surface area contributed by atoms with Gasteiger partial charge in [-0.1, -0.05) is 30.0 Å². The normalized spacial score (nSPS) is 14.1. The fraction of sp³-hybridized carbons (Fsp3) is 0.0769. The molecular formula is C13H9NO2S2. The predicted molar refractivity (Wildman–Crippen MR) is 72.0 cm³/mol. The molecule has 2 aromatic rings. The minimum Gasteiger partial charge on any atom is -0.269 e. The molecule has 0 fully saturated rings. The summed E-state index contributed by atoms with van der Waals surface area (Å²) in [5.74, 6) is -0.0216. The van der Waals surface area contributed by atoms with E-state index in [0.29, 0.717) is 17.0 Å². The molecule has 5 heteroatoms. The highest BCUT2D eigenvalue weighted by Gasteiger charge is 2.34. The maximum Gasteiger partial charge on any atom is 0.262 e. The minimum absolute atomic E-state index is 0.195. The fourth-order valence-electron chi connectivity index (χ4n) is 1.83. The second-order valence-electron chi connectivity index (χ2n) is 3.79. The summed E-state index contributed by atoms with van der Waals surface area (Å²) < 4.78 is 1.10. The first-order valence-electron chi connectivity index (χ1n) is 5.39. The Kier molecular flexibility index (Phi) is 2.93. The average molecular weight is 275 g/mol. The van der Waals surface area contributed by atoms with E-state index in [1.807, 2.05) is 17.5 Å². The number of carbonyl (C=O) groups excluding carboxylic acids is 2. The first kappa shape index (κ1) is 11.5. The van der Waals surface area contributed by atoms with Crippen molar-refractivity contribution < 1.29 is 9.59 Å². The van der Waals surface area contributed by atoms with Gasteiger partial charge in [-0.3, -0.25) is 14.5 Å². The molecule has 0 bridgehead atoms. The zero-order valence-electron chi connectivity index (χ0n) is 9.33. The van der Waals surface area contributed by atoms with E-state index < -0.39 is 0 Å². The first-order chi connectivity index (χ1) is 8.77. The van der Waals surface area contributed by atoms with Gasteiger partial charge in [0.25, 0.3) is 11.8 Å². The van der Waals surface area contributed by atoms with Gasteiger partial charge in [0.2, 0.25) is 0 Å². The van der Waals surface area contributed by atoms with Crippen LogP contribution >= 0.6 is 23.1 Å². The molecule has 1 aromatic carbocycles. The van der Waals surface area contributed by atoms with Crippen molar-refractivity contribution in [2.75, 3.05) is 5.88 Å². The van der Waals surface area contributed by atoms with Crippen LogP contribution in [0.3, 0.4) is 0 Å². The van der Waals surface area contributed by atoms with Crippen molar-refractivity contribution >= 4 is 34.9 Å². The molecular weight excluding hydrogens is 266 g/mol. The molecule has 2 heterocycles. The van der Waals surface area contributed by atoms with Crippen molar-refractivity contribution in [1.29, 1.82) is 0 Å². The second-order valence-corrected chi connectivity index (χ2v) is 5.98. The van der Waals surface area contributed by atoms with Gasteiger partial charge in [-0.25, -0.2) is 0 Å². The van der Waals surface area contributed by atoms with Crippen LogP contribution in [0.1, 0.15) is 20.7 Å². The van der Waals surface area contributed by atoms with Crippen molar-refractivity contribution in [2.45, 2.75) is 4.21 Å². The highest BCUT2D eigenvalue weighted by Crippen LogP contribution is 2.28.